The molecule has 0 aliphatic rings. The Labute approximate surface area is 94.9 Å². The Morgan fingerprint density at radius 3 is 2.62 bits per heavy atom. The summed E-state index contributed by atoms with van der Waals surface area (Å²) in [6.07, 6.45) is -0.0644. The van der Waals surface area contributed by atoms with E-state index in [1.807, 2.05) is 0 Å². The van der Waals surface area contributed by atoms with Gasteiger partial charge in [-0.15, -0.1) is 0 Å². The van der Waals surface area contributed by atoms with Crippen LogP contribution in [0.5, 0.6) is 0 Å². The van der Waals surface area contributed by atoms with Gasteiger partial charge >= 0.3 is 5.97 Å². The monoisotopic (exact) mass is 233 g/mol. The maximum absolute atomic E-state index is 11.4. The van der Waals surface area contributed by atoms with Crippen LogP contribution in [-0.4, -0.2) is 50.0 Å². The standard InChI is InChI=1S/C10H19NO5/c1-8(16-7-6-15-2)10(14)11-5-3-4-9(12)13/h8H,3-7H2,1-2H3,(H,11,14)(H,12,13). The molecule has 0 bridgehead atoms. The molecule has 0 aromatic carbocycles. The number of carbonyl (C=O) groups excluding carboxylic acids is 1. The molecule has 0 saturated heterocycles. The Hall–Kier alpha value is -1.14. The Balaban J connectivity index is 3.51. The molecule has 0 saturated carbocycles. The number of carbonyl (C=O) groups is 2. The van der Waals surface area contributed by atoms with Crippen LogP contribution < -0.4 is 5.32 Å². The van der Waals surface area contributed by atoms with Crippen molar-refractivity contribution in [2.45, 2.75) is 25.9 Å². The van der Waals surface area contributed by atoms with Gasteiger partial charge in [0.25, 0.3) is 0 Å². The number of carboxylic acid groups (broad SMARTS) is 1. The third-order valence-corrected chi connectivity index (χ3v) is 1.89. The maximum Gasteiger partial charge on any atom is 0.303 e. The Morgan fingerprint density at radius 2 is 2.06 bits per heavy atom. The van der Waals surface area contributed by atoms with Crippen molar-refractivity contribution in [2.24, 2.45) is 0 Å². The second kappa shape index (κ2) is 9.11. The van der Waals surface area contributed by atoms with Crippen LogP contribution in [0.3, 0.4) is 0 Å². The van der Waals surface area contributed by atoms with Crippen molar-refractivity contribution in [3.63, 3.8) is 0 Å². The highest BCUT2D eigenvalue weighted by atomic mass is 16.5. The summed E-state index contributed by atoms with van der Waals surface area (Å²) < 4.78 is 9.94. The van der Waals surface area contributed by atoms with Gasteiger partial charge in [0.05, 0.1) is 13.2 Å². The first-order chi connectivity index (χ1) is 7.57. The molecule has 0 aromatic rings. The number of aliphatic carboxylic acids is 1. The number of ether oxygens (including phenoxy) is 2. The van der Waals surface area contributed by atoms with Gasteiger partial charge in [0, 0.05) is 20.1 Å². The van der Waals surface area contributed by atoms with E-state index in [0.29, 0.717) is 26.2 Å². The molecule has 0 spiro atoms. The minimum absolute atomic E-state index is 0.0548. The van der Waals surface area contributed by atoms with Crippen LogP contribution in [0.2, 0.25) is 0 Å². The Bertz CT molecular complexity index is 219. The molecule has 1 atom stereocenters. The lowest BCUT2D eigenvalue weighted by atomic mass is 10.3. The van der Waals surface area contributed by atoms with Gasteiger partial charge < -0.3 is 19.9 Å². The fraction of sp³-hybridized carbons (Fsp3) is 0.800. The van der Waals surface area contributed by atoms with Gasteiger partial charge in [-0.25, -0.2) is 0 Å². The van der Waals surface area contributed by atoms with E-state index in [-0.39, 0.29) is 12.3 Å². The number of nitrogens with one attached hydrogen (secondary N) is 1. The van der Waals surface area contributed by atoms with Crippen molar-refractivity contribution in [3.05, 3.63) is 0 Å². The quantitative estimate of drug-likeness (QED) is 0.548. The fourth-order valence-corrected chi connectivity index (χ4v) is 0.979. The summed E-state index contributed by atoms with van der Waals surface area (Å²) in [5.41, 5.74) is 0. The summed E-state index contributed by atoms with van der Waals surface area (Å²) in [5.74, 6) is -1.10. The lowest BCUT2D eigenvalue weighted by molar-refractivity contribution is -0.137. The molecule has 0 aliphatic carbocycles. The number of carboxylic acids is 1. The normalized spacial score (nSPS) is 12.1. The maximum atomic E-state index is 11.4. The van der Waals surface area contributed by atoms with Gasteiger partial charge in [-0.2, -0.15) is 0 Å². The van der Waals surface area contributed by atoms with Gasteiger partial charge in [-0.05, 0) is 13.3 Å². The largest absolute Gasteiger partial charge is 0.481 e. The number of methoxy groups -OCH3 is 1. The van der Waals surface area contributed by atoms with Crippen molar-refractivity contribution in [3.8, 4) is 0 Å². The van der Waals surface area contributed by atoms with E-state index in [4.69, 9.17) is 14.6 Å². The van der Waals surface area contributed by atoms with Crippen LogP contribution in [0, 0.1) is 0 Å². The molecule has 94 valence electrons. The first kappa shape index (κ1) is 14.9. The molecule has 1 unspecified atom stereocenters. The zero-order valence-corrected chi connectivity index (χ0v) is 9.69. The molecule has 0 aliphatic heterocycles. The predicted octanol–water partition coefficient (Wildman–Crippen LogP) is 0.0189. The Morgan fingerprint density at radius 1 is 1.38 bits per heavy atom. The molecular weight excluding hydrogens is 214 g/mol. The third kappa shape index (κ3) is 8.19. The topological polar surface area (TPSA) is 84.9 Å². The first-order valence-corrected chi connectivity index (χ1v) is 5.18. The Kier molecular flexibility index (Phi) is 8.46. The molecule has 16 heavy (non-hydrogen) atoms. The molecule has 6 heteroatoms. The second-order valence-electron chi connectivity index (χ2n) is 3.29. The van der Waals surface area contributed by atoms with E-state index < -0.39 is 12.1 Å². The summed E-state index contributed by atoms with van der Waals surface area (Å²) in [6.45, 7) is 2.79. The summed E-state index contributed by atoms with van der Waals surface area (Å²) in [6, 6.07) is 0. The van der Waals surface area contributed by atoms with E-state index in [2.05, 4.69) is 5.32 Å². The number of amides is 1. The average molecular weight is 233 g/mol. The first-order valence-electron chi connectivity index (χ1n) is 5.18. The van der Waals surface area contributed by atoms with Crippen LogP contribution in [0.25, 0.3) is 0 Å². The summed E-state index contributed by atoms with van der Waals surface area (Å²) in [5, 5.41) is 11.0. The number of hydrogen-bond acceptors (Lipinski definition) is 4. The minimum Gasteiger partial charge on any atom is -0.481 e. The van der Waals surface area contributed by atoms with E-state index in [1.54, 1.807) is 14.0 Å². The molecule has 6 nitrogen and oxygen atoms in total. The fourth-order valence-electron chi connectivity index (χ4n) is 0.979. The van der Waals surface area contributed by atoms with Gasteiger partial charge in [0.1, 0.15) is 6.10 Å². The van der Waals surface area contributed by atoms with Crippen molar-refractivity contribution >= 4 is 11.9 Å². The summed E-state index contributed by atoms with van der Waals surface area (Å²) in [4.78, 5) is 21.6. The average Bonchev–Trinajstić information content (AvgIpc) is 2.24. The van der Waals surface area contributed by atoms with Crippen LogP contribution in [0.15, 0.2) is 0 Å². The predicted molar refractivity (Wildman–Crippen MR) is 57.2 cm³/mol. The van der Waals surface area contributed by atoms with Crippen LogP contribution in [0.1, 0.15) is 19.8 Å². The van der Waals surface area contributed by atoms with Gasteiger partial charge in [0.15, 0.2) is 0 Å². The van der Waals surface area contributed by atoms with Gasteiger partial charge in [0.2, 0.25) is 5.91 Å². The highest BCUT2D eigenvalue weighted by molar-refractivity contribution is 5.80. The van der Waals surface area contributed by atoms with Crippen LogP contribution in [-0.2, 0) is 19.1 Å². The lowest BCUT2D eigenvalue weighted by Crippen LogP contribution is -2.35. The second-order valence-corrected chi connectivity index (χ2v) is 3.29. The van der Waals surface area contributed by atoms with E-state index >= 15 is 0 Å². The highest BCUT2D eigenvalue weighted by Gasteiger charge is 2.12. The molecule has 0 radical (unpaired) electrons. The van der Waals surface area contributed by atoms with Crippen LogP contribution in [0.4, 0.5) is 0 Å². The van der Waals surface area contributed by atoms with Gasteiger partial charge in [-0.3, -0.25) is 9.59 Å². The number of hydrogen-bond donors (Lipinski definition) is 2. The van der Waals surface area contributed by atoms with E-state index in [0.717, 1.165) is 0 Å². The van der Waals surface area contributed by atoms with Crippen molar-refractivity contribution in [2.75, 3.05) is 26.9 Å². The summed E-state index contributed by atoms with van der Waals surface area (Å²) >= 11 is 0. The zero-order chi connectivity index (χ0) is 12.4. The molecule has 0 aromatic heterocycles. The lowest BCUT2D eigenvalue weighted by Gasteiger charge is -2.12. The molecule has 2 N–H and O–H groups in total. The molecule has 0 fully saturated rings. The van der Waals surface area contributed by atoms with Crippen LogP contribution >= 0.6 is 0 Å². The van der Waals surface area contributed by atoms with Gasteiger partial charge in [-0.1, -0.05) is 0 Å². The smallest absolute Gasteiger partial charge is 0.303 e. The zero-order valence-electron chi connectivity index (χ0n) is 9.69. The van der Waals surface area contributed by atoms with Crippen molar-refractivity contribution in [1.82, 2.24) is 5.32 Å². The minimum atomic E-state index is -0.862. The van der Waals surface area contributed by atoms with Crippen molar-refractivity contribution < 1.29 is 24.2 Å². The summed E-state index contributed by atoms with van der Waals surface area (Å²) in [7, 11) is 1.56. The molecule has 0 heterocycles. The molecule has 1 amide bonds. The van der Waals surface area contributed by atoms with Crippen molar-refractivity contribution in [1.29, 1.82) is 0 Å². The van der Waals surface area contributed by atoms with E-state index in [9.17, 15) is 9.59 Å². The molecular formula is C10H19NO5. The highest BCUT2D eigenvalue weighted by Crippen LogP contribution is 1.92. The van der Waals surface area contributed by atoms with E-state index in [1.165, 1.54) is 0 Å². The SMILES string of the molecule is COCCOC(C)C(=O)NCCCC(=O)O. The number of rotatable bonds is 9. The third-order valence-electron chi connectivity index (χ3n) is 1.89. The molecule has 0 rings (SSSR count).